The number of fused-ring (bicyclic) bond motifs is 3. The van der Waals surface area contributed by atoms with E-state index >= 15 is 0 Å². The van der Waals surface area contributed by atoms with Gasteiger partial charge in [0.05, 0.1) is 5.92 Å². The Balaban J connectivity index is 1.93. The lowest BCUT2D eigenvalue weighted by Gasteiger charge is -2.46. The second-order valence-electron chi connectivity index (χ2n) is 5.79. The summed E-state index contributed by atoms with van der Waals surface area (Å²) < 4.78 is 0. The fourth-order valence-corrected chi connectivity index (χ4v) is 3.98. The molecule has 0 aliphatic heterocycles. The largest absolute Gasteiger partial charge is 0.481 e. The van der Waals surface area contributed by atoms with Crippen LogP contribution in [0.5, 0.6) is 0 Å². The van der Waals surface area contributed by atoms with E-state index in [9.17, 15) is 14.7 Å². The number of carbonyl (C=O) groups excluding carboxylic acids is 1. The van der Waals surface area contributed by atoms with Crippen molar-refractivity contribution in [2.24, 2.45) is 23.7 Å². The van der Waals surface area contributed by atoms with E-state index in [-0.39, 0.29) is 23.5 Å². The molecule has 2 atom stereocenters. The summed E-state index contributed by atoms with van der Waals surface area (Å²) in [7, 11) is 0. The van der Waals surface area contributed by atoms with Crippen molar-refractivity contribution in [2.75, 3.05) is 0 Å². The molecule has 3 nitrogen and oxygen atoms in total. The summed E-state index contributed by atoms with van der Waals surface area (Å²) in [5, 5.41) is 9.47. The van der Waals surface area contributed by atoms with E-state index < -0.39 is 11.9 Å². The van der Waals surface area contributed by atoms with Gasteiger partial charge in [-0.25, -0.2) is 0 Å². The number of carbonyl (C=O) groups is 2. The number of hydrogen-bond donors (Lipinski definition) is 1. The molecule has 0 spiro atoms. The Morgan fingerprint density at radius 2 is 1.42 bits per heavy atom. The lowest BCUT2D eigenvalue weighted by Crippen LogP contribution is -2.47. The summed E-state index contributed by atoms with van der Waals surface area (Å²) in [6.07, 6.45) is 3.97. The predicted molar refractivity (Wildman–Crippen MR) is 70.8 cm³/mol. The van der Waals surface area contributed by atoms with Gasteiger partial charge in [0, 0.05) is 11.5 Å². The van der Waals surface area contributed by atoms with Gasteiger partial charge >= 0.3 is 5.97 Å². The zero-order valence-electron chi connectivity index (χ0n) is 10.8. The van der Waals surface area contributed by atoms with Crippen LogP contribution in [0.2, 0.25) is 0 Å². The molecule has 0 amide bonds. The van der Waals surface area contributed by atoms with Crippen molar-refractivity contribution >= 4 is 11.8 Å². The minimum absolute atomic E-state index is 0.0300. The summed E-state index contributed by atoms with van der Waals surface area (Å²) in [5.74, 6) is -1.09. The lowest BCUT2D eigenvalue weighted by molar-refractivity contribution is -0.150. The van der Waals surface area contributed by atoms with Crippen LogP contribution >= 0.6 is 0 Å². The Kier molecular flexibility index (Phi) is 3.13. The summed E-state index contributed by atoms with van der Waals surface area (Å²) in [4.78, 5) is 24.2. The quantitative estimate of drug-likeness (QED) is 0.848. The van der Waals surface area contributed by atoms with Crippen molar-refractivity contribution < 1.29 is 14.7 Å². The van der Waals surface area contributed by atoms with E-state index in [0.29, 0.717) is 5.56 Å². The average molecular weight is 258 g/mol. The molecule has 0 heterocycles. The maximum Gasteiger partial charge on any atom is 0.307 e. The van der Waals surface area contributed by atoms with E-state index in [2.05, 4.69) is 0 Å². The number of hydrogen-bond acceptors (Lipinski definition) is 2. The molecule has 3 aliphatic carbocycles. The first kappa shape index (κ1) is 12.4. The molecule has 4 rings (SSSR count). The third-order valence-electron chi connectivity index (χ3n) is 4.87. The first-order valence-corrected chi connectivity index (χ1v) is 7.00. The van der Waals surface area contributed by atoms with E-state index in [1.54, 1.807) is 12.1 Å². The molecule has 19 heavy (non-hydrogen) atoms. The van der Waals surface area contributed by atoms with Crippen LogP contribution in [-0.4, -0.2) is 16.9 Å². The lowest BCUT2D eigenvalue weighted by atomic mass is 9.57. The summed E-state index contributed by atoms with van der Waals surface area (Å²) in [5.41, 5.74) is 0.659. The Morgan fingerprint density at radius 1 is 0.895 bits per heavy atom. The van der Waals surface area contributed by atoms with Gasteiger partial charge in [0.25, 0.3) is 0 Å². The highest BCUT2D eigenvalue weighted by molar-refractivity contribution is 6.00. The third kappa shape index (κ3) is 2.07. The maximum atomic E-state index is 12.6. The van der Waals surface area contributed by atoms with Crippen LogP contribution in [0.4, 0.5) is 0 Å². The molecule has 2 bridgehead atoms. The Morgan fingerprint density at radius 3 is 1.95 bits per heavy atom. The van der Waals surface area contributed by atoms with Crippen LogP contribution in [0, 0.1) is 23.7 Å². The van der Waals surface area contributed by atoms with Crippen molar-refractivity contribution in [2.45, 2.75) is 25.7 Å². The molecule has 100 valence electrons. The van der Waals surface area contributed by atoms with Gasteiger partial charge in [-0.05, 0) is 37.5 Å². The van der Waals surface area contributed by atoms with E-state index in [4.69, 9.17) is 0 Å². The molecular formula is C16H18O3. The molecule has 1 aromatic carbocycles. The van der Waals surface area contributed by atoms with Crippen LogP contribution in [0.3, 0.4) is 0 Å². The minimum atomic E-state index is -0.788. The summed E-state index contributed by atoms with van der Waals surface area (Å²) in [6.45, 7) is 0. The second-order valence-corrected chi connectivity index (χ2v) is 5.79. The first-order chi connectivity index (χ1) is 9.18. The minimum Gasteiger partial charge on any atom is -0.481 e. The molecule has 3 aliphatic rings. The molecule has 3 saturated carbocycles. The molecule has 0 radical (unpaired) electrons. The summed E-state index contributed by atoms with van der Waals surface area (Å²) >= 11 is 0. The fraction of sp³-hybridized carbons (Fsp3) is 0.500. The molecule has 1 N–H and O–H groups in total. The number of carboxylic acids is 1. The number of carboxylic acid groups (broad SMARTS) is 1. The van der Waals surface area contributed by atoms with Gasteiger partial charge in [0.15, 0.2) is 5.78 Å². The van der Waals surface area contributed by atoms with Crippen molar-refractivity contribution in [1.29, 1.82) is 0 Å². The van der Waals surface area contributed by atoms with Crippen LogP contribution in [0.1, 0.15) is 36.0 Å². The maximum absolute atomic E-state index is 12.6. The summed E-state index contributed by atoms with van der Waals surface area (Å²) in [6, 6.07) is 9.14. The van der Waals surface area contributed by atoms with Gasteiger partial charge in [-0.3, -0.25) is 9.59 Å². The monoisotopic (exact) mass is 258 g/mol. The van der Waals surface area contributed by atoms with Gasteiger partial charge in [0.2, 0.25) is 0 Å². The Bertz CT molecular complexity index is 486. The number of benzene rings is 1. The van der Waals surface area contributed by atoms with E-state index in [0.717, 1.165) is 25.7 Å². The topological polar surface area (TPSA) is 54.4 Å². The molecule has 0 saturated heterocycles. The highest BCUT2D eigenvalue weighted by Crippen LogP contribution is 2.49. The zero-order valence-corrected chi connectivity index (χ0v) is 10.8. The van der Waals surface area contributed by atoms with E-state index in [1.165, 1.54) is 0 Å². The highest BCUT2D eigenvalue weighted by Gasteiger charge is 2.50. The van der Waals surface area contributed by atoms with Gasteiger partial charge in [-0.2, -0.15) is 0 Å². The van der Waals surface area contributed by atoms with Crippen LogP contribution in [-0.2, 0) is 4.79 Å². The average Bonchev–Trinajstić information content (AvgIpc) is 2.47. The standard InChI is InChI=1S/C16H18O3/c17-15(12-4-2-1-3-5-12)13-10-6-8-11(9-7-10)14(13)16(18)19/h1-5,10-11,13-14H,6-9H2,(H,18,19)/t10?,11?,13-,14-/m0/s1. The predicted octanol–water partition coefficient (Wildman–Crippen LogP) is 3.01. The number of rotatable bonds is 3. The number of ketones is 1. The molecule has 3 fully saturated rings. The zero-order chi connectivity index (χ0) is 13.4. The van der Waals surface area contributed by atoms with Gasteiger partial charge in [-0.1, -0.05) is 30.3 Å². The molecule has 3 heteroatoms. The molecule has 1 aromatic rings. The number of aliphatic carboxylic acids is 1. The van der Waals surface area contributed by atoms with Crippen molar-refractivity contribution in [3.05, 3.63) is 35.9 Å². The Labute approximate surface area is 112 Å². The second kappa shape index (κ2) is 4.80. The molecule has 0 unspecified atom stereocenters. The third-order valence-corrected chi connectivity index (χ3v) is 4.87. The SMILES string of the molecule is O=C(O)[C@H]1C2CCC(CC2)[C@@H]1C(=O)c1ccccc1. The van der Waals surface area contributed by atoms with E-state index in [1.807, 2.05) is 18.2 Å². The van der Waals surface area contributed by atoms with Crippen molar-refractivity contribution in [3.8, 4) is 0 Å². The van der Waals surface area contributed by atoms with Crippen molar-refractivity contribution in [3.63, 3.8) is 0 Å². The normalized spacial score (nSPS) is 33.1. The molecular weight excluding hydrogens is 240 g/mol. The smallest absolute Gasteiger partial charge is 0.307 e. The molecule has 0 aromatic heterocycles. The van der Waals surface area contributed by atoms with Gasteiger partial charge < -0.3 is 5.11 Å². The van der Waals surface area contributed by atoms with Gasteiger partial charge in [0.1, 0.15) is 0 Å². The van der Waals surface area contributed by atoms with Crippen molar-refractivity contribution in [1.82, 2.24) is 0 Å². The number of Topliss-reactive ketones (excluding diaryl/α,β-unsaturated/α-hetero) is 1. The Hall–Kier alpha value is -1.64. The van der Waals surface area contributed by atoms with Crippen LogP contribution in [0.15, 0.2) is 30.3 Å². The van der Waals surface area contributed by atoms with Gasteiger partial charge in [-0.15, -0.1) is 0 Å². The van der Waals surface area contributed by atoms with Crippen LogP contribution < -0.4 is 0 Å². The van der Waals surface area contributed by atoms with Crippen LogP contribution in [0.25, 0.3) is 0 Å². The first-order valence-electron chi connectivity index (χ1n) is 7.00. The fourth-order valence-electron chi connectivity index (χ4n) is 3.98. The highest BCUT2D eigenvalue weighted by atomic mass is 16.4.